The Balaban J connectivity index is 2.76. The molecule has 0 aliphatic heterocycles. The number of benzene rings is 1. The van der Waals surface area contributed by atoms with Crippen LogP contribution in [0.3, 0.4) is 0 Å². The summed E-state index contributed by atoms with van der Waals surface area (Å²) in [5.74, 6) is -2.51. The normalized spacial score (nSPS) is 14.0. The zero-order valence-electron chi connectivity index (χ0n) is 12.7. The van der Waals surface area contributed by atoms with E-state index < -0.39 is 41.5 Å². The molecule has 1 unspecified atom stereocenters. The number of aliphatic carboxylic acids is 1. The van der Waals surface area contributed by atoms with Crippen molar-refractivity contribution in [2.24, 2.45) is 0 Å². The van der Waals surface area contributed by atoms with Crippen molar-refractivity contribution in [3.05, 3.63) is 29.8 Å². The van der Waals surface area contributed by atoms with Gasteiger partial charge in [-0.05, 0) is 25.5 Å². The summed E-state index contributed by atoms with van der Waals surface area (Å²) >= 11 is 0. The number of nitrogens with one attached hydrogen (secondary N) is 1. The van der Waals surface area contributed by atoms with Gasteiger partial charge in [-0.2, -0.15) is 13.2 Å². The predicted molar refractivity (Wildman–Crippen MR) is 76.0 cm³/mol. The molecule has 5 nitrogen and oxygen atoms in total. The number of carboxylic acids is 1. The number of carbonyl (C=O) groups is 2. The molecule has 1 aromatic rings. The third kappa shape index (κ3) is 5.15. The highest BCUT2D eigenvalue weighted by Gasteiger charge is 2.35. The molecule has 1 amide bonds. The number of amides is 1. The Labute approximate surface area is 131 Å². The van der Waals surface area contributed by atoms with Gasteiger partial charge >= 0.3 is 12.1 Å². The van der Waals surface area contributed by atoms with E-state index in [4.69, 9.17) is 9.84 Å². The predicted octanol–water partition coefficient (Wildman–Crippen LogP) is 2.84. The van der Waals surface area contributed by atoms with Gasteiger partial charge in [0.2, 0.25) is 0 Å². The summed E-state index contributed by atoms with van der Waals surface area (Å²) in [5.41, 5.74) is -2.49. The number of alkyl halides is 3. The fourth-order valence-corrected chi connectivity index (χ4v) is 2.04. The molecule has 1 rings (SSSR count). The second kappa shape index (κ2) is 7.34. The molecule has 2 N–H and O–H groups in total. The quantitative estimate of drug-likeness (QED) is 0.804. The number of para-hydroxylation sites is 1. The first kappa shape index (κ1) is 18.8. The Morgan fingerprint density at radius 3 is 2.39 bits per heavy atom. The molecule has 1 atom stereocenters. The number of carboxylic acid groups (broad SMARTS) is 1. The highest BCUT2D eigenvalue weighted by atomic mass is 19.4. The number of hydrogen-bond donors (Lipinski definition) is 2. The van der Waals surface area contributed by atoms with Crippen LogP contribution in [0.2, 0.25) is 0 Å². The topological polar surface area (TPSA) is 75.6 Å². The Kier molecular flexibility index (Phi) is 6.00. The summed E-state index contributed by atoms with van der Waals surface area (Å²) in [6, 6.07) is 4.49. The summed E-state index contributed by atoms with van der Waals surface area (Å²) in [5, 5.41) is 11.4. The fraction of sp³-hybridized carbons (Fsp3) is 0.467. The van der Waals surface area contributed by atoms with E-state index in [1.807, 2.05) is 0 Å². The van der Waals surface area contributed by atoms with E-state index in [9.17, 15) is 22.8 Å². The van der Waals surface area contributed by atoms with Gasteiger partial charge in [-0.25, -0.2) is 4.79 Å². The standard InChI is InChI=1S/C15H18F3NO4/c1-3-8-14(2,13(21)22)19-12(20)9-23-11-7-5-4-6-10(11)15(16,17)18/h4-7H,3,8-9H2,1-2H3,(H,19,20)(H,21,22). The molecule has 0 fully saturated rings. The minimum atomic E-state index is -4.61. The molecule has 128 valence electrons. The average Bonchev–Trinajstić information content (AvgIpc) is 2.44. The first-order valence-corrected chi connectivity index (χ1v) is 6.93. The van der Waals surface area contributed by atoms with Crippen molar-refractivity contribution in [1.29, 1.82) is 0 Å². The molecule has 8 heteroatoms. The zero-order valence-corrected chi connectivity index (χ0v) is 12.7. The van der Waals surface area contributed by atoms with Gasteiger partial charge in [0, 0.05) is 0 Å². The van der Waals surface area contributed by atoms with Crippen LogP contribution in [-0.2, 0) is 15.8 Å². The van der Waals surface area contributed by atoms with Crippen molar-refractivity contribution in [1.82, 2.24) is 5.32 Å². The zero-order chi connectivity index (χ0) is 17.7. The van der Waals surface area contributed by atoms with Crippen LogP contribution in [0.4, 0.5) is 13.2 Å². The largest absolute Gasteiger partial charge is 0.483 e. The first-order valence-electron chi connectivity index (χ1n) is 6.93. The third-order valence-electron chi connectivity index (χ3n) is 3.19. The molecule has 0 spiro atoms. The number of rotatable bonds is 7. The maximum atomic E-state index is 12.8. The number of hydrogen-bond acceptors (Lipinski definition) is 3. The lowest BCUT2D eigenvalue weighted by Crippen LogP contribution is -2.53. The van der Waals surface area contributed by atoms with E-state index >= 15 is 0 Å². The summed E-state index contributed by atoms with van der Waals surface area (Å²) in [6.45, 7) is 2.38. The molecule has 23 heavy (non-hydrogen) atoms. The van der Waals surface area contributed by atoms with Crippen molar-refractivity contribution in [3.63, 3.8) is 0 Å². The molecule has 0 aliphatic carbocycles. The van der Waals surface area contributed by atoms with Crippen molar-refractivity contribution in [3.8, 4) is 5.75 Å². The molecule has 0 saturated carbocycles. The van der Waals surface area contributed by atoms with Crippen LogP contribution in [0.25, 0.3) is 0 Å². The highest BCUT2D eigenvalue weighted by molar-refractivity contribution is 5.87. The smallest absolute Gasteiger partial charge is 0.419 e. The van der Waals surface area contributed by atoms with Gasteiger partial charge in [-0.1, -0.05) is 25.5 Å². The van der Waals surface area contributed by atoms with E-state index in [-0.39, 0.29) is 6.42 Å². The van der Waals surface area contributed by atoms with Gasteiger partial charge in [-0.3, -0.25) is 4.79 Å². The Morgan fingerprint density at radius 2 is 1.87 bits per heavy atom. The monoisotopic (exact) mass is 333 g/mol. The van der Waals surface area contributed by atoms with Gasteiger partial charge in [0.1, 0.15) is 11.3 Å². The van der Waals surface area contributed by atoms with Gasteiger partial charge in [0.25, 0.3) is 5.91 Å². The summed E-state index contributed by atoms with van der Waals surface area (Å²) in [7, 11) is 0. The van der Waals surface area contributed by atoms with Crippen LogP contribution >= 0.6 is 0 Å². The van der Waals surface area contributed by atoms with E-state index in [1.165, 1.54) is 19.1 Å². The van der Waals surface area contributed by atoms with Crippen molar-refractivity contribution < 1.29 is 32.6 Å². The molecule has 0 saturated heterocycles. The van der Waals surface area contributed by atoms with Gasteiger partial charge < -0.3 is 15.2 Å². The maximum Gasteiger partial charge on any atom is 0.419 e. The average molecular weight is 333 g/mol. The molecule has 0 bridgehead atoms. The van der Waals surface area contributed by atoms with Gasteiger partial charge in [0.05, 0.1) is 5.56 Å². The lowest BCUT2D eigenvalue weighted by Gasteiger charge is -2.25. The first-order chi connectivity index (χ1) is 10.6. The van der Waals surface area contributed by atoms with Crippen LogP contribution in [0.15, 0.2) is 24.3 Å². The van der Waals surface area contributed by atoms with Gasteiger partial charge in [0.15, 0.2) is 6.61 Å². The lowest BCUT2D eigenvalue weighted by molar-refractivity contribution is -0.147. The molecule has 0 aromatic heterocycles. The van der Waals surface area contributed by atoms with E-state index in [1.54, 1.807) is 6.92 Å². The summed E-state index contributed by atoms with van der Waals surface area (Å²) < 4.78 is 43.3. The van der Waals surface area contributed by atoms with E-state index in [0.29, 0.717) is 6.42 Å². The Bertz CT molecular complexity index is 574. The van der Waals surface area contributed by atoms with Crippen LogP contribution in [0, 0.1) is 0 Å². The Hall–Kier alpha value is -2.25. The fourth-order valence-electron chi connectivity index (χ4n) is 2.04. The van der Waals surface area contributed by atoms with Crippen molar-refractivity contribution in [2.45, 2.75) is 38.4 Å². The van der Waals surface area contributed by atoms with E-state index in [0.717, 1.165) is 12.1 Å². The number of carbonyl (C=O) groups excluding carboxylic acids is 1. The number of ether oxygens (including phenoxy) is 1. The van der Waals surface area contributed by atoms with Gasteiger partial charge in [-0.15, -0.1) is 0 Å². The van der Waals surface area contributed by atoms with Crippen LogP contribution in [0.5, 0.6) is 5.75 Å². The van der Waals surface area contributed by atoms with Crippen LogP contribution in [0.1, 0.15) is 32.3 Å². The molecule has 0 aliphatic rings. The second-order valence-corrected chi connectivity index (χ2v) is 5.22. The molecular formula is C15H18F3NO4. The summed E-state index contributed by atoms with van der Waals surface area (Å²) in [4.78, 5) is 23.0. The van der Waals surface area contributed by atoms with E-state index in [2.05, 4.69) is 5.32 Å². The maximum absolute atomic E-state index is 12.8. The van der Waals surface area contributed by atoms with Crippen molar-refractivity contribution >= 4 is 11.9 Å². The second-order valence-electron chi connectivity index (χ2n) is 5.22. The molecular weight excluding hydrogens is 315 g/mol. The molecule has 0 radical (unpaired) electrons. The Morgan fingerprint density at radius 1 is 1.26 bits per heavy atom. The lowest BCUT2D eigenvalue weighted by atomic mass is 9.96. The SMILES string of the molecule is CCCC(C)(NC(=O)COc1ccccc1C(F)(F)F)C(=O)O. The molecule has 0 heterocycles. The number of halogens is 3. The minimum absolute atomic E-state index is 0.188. The minimum Gasteiger partial charge on any atom is -0.483 e. The highest BCUT2D eigenvalue weighted by Crippen LogP contribution is 2.35. The third-order valence-corrected chi connectivity index (χ3v) is 3.19. The molecule has 1 aromatic carbocycles. The van der Waals surface area contributed by atoms with Crippen LogP contribution in [-0.4, -0.2) is 29.1 Å². The van der Waals surface area contributed by atoms with Crippen LogP contribution < -0.4 is 10.1 Å². The summed E-state index contributed by atoms with van der Waals surface area (Å²) in [6.07, 6.45) is -3.90. The van der Waals surface area contributed by atoms with Crippen molar-refractivity contribution in [2.75, 3.05) is 6.61 Å².